The highest BCUT2D eigenvalue weighted by Gasteiger charge is 2.15. The number of aryl methyl sites for hydroxylation is 1. The van der Waals surface area contributed by atoms with E-state index in [1.165, 1.54) is 0 Å². The molecule has 1 heterocycles. The van der Waals surface area contributed by atoms with Crippen molar-refractivity contribution in [3.05, 3.63) is 40.0 Å². The van der Waals surface area contributed by atoms with E-state index in [4.69, 9.17) is 4.74 Å². The summed E-state index contributed by atoms with van der Waals surface area (Å²) in [4.78, 5) is 16.3. The average molecular weight is 308 g/mol. The fraction of sp³-hybridized carbons (Fsp3) is 0.286. The van der Waals surface area contributed by atoms with Crippen molar-refractivity contribution < 1.29 is 9.53 Å². The van der Waals surface area contributed by atoms with E-state index in [0.717, 1.165) is 27.4 Å². The van der Waals surface area contributed by atoms with Crippen LogP contribution in [-0.2, 0) is 11.2 Å². The summed E-state index contributed by atoms with van der Waals surface area (Å²) in [6.45, 7) is 4.16. The summed E-state index contributed by atoms with van der Waals surface area (Å²) in [7, 11) is 0. The molecule has 0 aliphatic carbocycles. The number of nitrogens with zero attached hydrogens (tertiary/aromatic N) is 1. The molecule has 0 bridgehead atoms. The second-order valence-corrected chi connectivity index (χ2v) is 4.73. The van der Waals surface area contributed by atoms with Gasteiger partial charge in [-0.2, -0.15) is 0 Å². The number of carbonyl (C=O) groups excluding carboxylic acids is 1. The molecule has 0 fully saturated rings. The Kier molecular flexibility index (Phi) is 3.97. The first-order valence-corrected chi connectivity index (χ1v) is 6.72. The molecule has 0 aliphatic rings. The summed E-state index contributed by atoms with van der Waals surface area (Å²) < 4.78 is 6.02. The van der Waals surface area contributed by atoms with E-state index in [2.05, 4.69) is 20.9 Å². The van der Waals surface area contributed by atoms with Crippen LogP contribution in [0.1, 0.15) is 29.9 Å². The smallest absolute Gasteiger partial charge is 0.357 e. The van der Waals surface area contributed by atoms with Crippen LogP contribution in [0, 0.1) is 0 Å². The minimum Gasteiger partial charge on any atom is -0.461 e. The molecule has 2 aromatic rings. The number of ether oxygens (including phenoxy) is 1. The number of pyridine rings is 1. The van der Waals surface area contributed by atoms with Gasteiger partial charge in [0.1, 0.15) is 0 Å². The number of fused-ring (bicyclic) bond motifs is 1. The number of halogens is 1. The van der Waals surface area contributed by atoms with Gasteiger partial charge in [-0.15, -0.1) is 0 Å². The van der Waals surface area contributed by atoms with Crippen LogP contribution in [0.2, 0.25) is 0 Å². The van der Waals surface area contributed by atoms with Crippen LogP contribution in [0.5, 0.6) is 0 Å². The van der Waals surface area contributed by atoms with Crippen LogP contribution in [0.25, 0.3) is 10.9 Å². The molecule has 18 heavy (non-hydrogen) atoms. The fourth-order valence-corrected chi connectivity index (χ4v) is 2.32. The predicted molar refractivity (Wildman–Crippen MR) is 74.8 cm³/mol. The average Bonchev–Trinajstić information content (AvgIpc) is 2.38. The Hall–Kier alpha value is -1.42. The zero-order chi connectivity index (χ0) is 13.1. The Morgan fingerprint density at radius 3 is 2.83 bits per heavy atom. The number of rotatable bonds is 3. The first-order chi connectivity index (χ1) is 8.67. The van der Waals surface area contributed by atoms with Crippen molar-refractivity contribution in [1.29, 1.82) is 0 Å². The zero-order valence-electron chi connectivity index (χ0n) is 10.4. The maximum absolute atomic E-state index is 11.9. The van der Waals surface area contributed by atoms with E-state index in [-0.39, 0.29) is 5.97 Å². The summed E-state index contributed by atoms with van der Waals surface area (Å²) in [5, 5.41) is 1.02. The molecule has 1 aromatic heterocycles. The minimum atomic E-state index is -0.351. The van der Waals surface area contributed by atoms with Gasteiger partial charge in [0.05, 0.1) is 12.1 Å². The van der Waals surface area contributed by atoms with E-state index >= 15 is 0 Å². The lowest BCUT2D eigenvalue weighted by atomic mass is 10.1. The summed E-state index contributed by atoms with van der Waals surface area (Å²) in [5.74, 6) is -0.351. The Bertz CT molecular complexity index is 596. The lowest BCUT2D eigenvalue weighted by Gasteiger charge is -2.09. The number of esters is 1. The van der Waals surface area contributed by atoms with Crippen LogP contribution < -0.4 is 0 Å². The number of hydrogen-bond acceptors (Lipinski definition) is 3. The third-order valence-corrected chi connectivity index (χ3v) is 3.43. The van der Waals surface area contributed by atoms with E-state index in [9.17, 15) is 4.79 Å². The van der Waals surface area contributed by atoms with Crippen LogP contribution >= 0.6 is 15.9 Å². The Balaban J connectivity index is 2.63. The Labute approximate surface area is 114 Å². The SMILES string of the molecule is CCOC(=O)c1nc2cccc(Br)c2cc1CC. The number of hydrogen-bond donors (Lipinski definition) is 0. The molecule has 1 aromatic carbocycles. The molecule has 2 rings (SSSR count). The largest absolute Gasteiger partial charge is 0.461 e. The highest BCUT2D eigenvalue weighted by molar-refractivity contribution is 9.10. The lowest BCUT2D eigenvalue weighted by molar-refractivity contribution is 0.0518. The van der Waals surface area contributed by atoms with Gasteiger partial charge in [-0.3, -0.25) is 0 Å². The van der Waals surface area contributed by atoms with Crippen molar-refractivity contribution in [3.63, 3.8) is 0 Å². The Morgan fingerprint density at radius 1 is 1.39 bits per heavy atom. The molecule has 4 heteroatoms. The van der Waals surface area contributed by atoms with Crippen LogP contribution in [0.15, 0.2) is 28.7 Å². The third-order valence-electron chi connectivity index (χ3n) is 2.73. The van der Waals surface area contributed by atoms with Gasteiger partial charge < -0.3 is 4.74 Å². The van der Waals surface area contributed by atoms with Crippen molar-refractivity contribution in [2.24, 2.45) is 0 Å². The van der Waals surface area contributed by atoms with Crippen LogP contribution in [0.3, 0.4) is 0 Å². The van der Waals surface area contributed by atoms with Crippen molar-refractivity contribution in [2.75, 3.05) is 6.61 Å². The molecule has 0 unspecified atom stereocenters. The molecule has 0 N–H and O–H groups in total. The maximum atomic E-state index is 11.9. The first kappa shape index (κ1) is 13.0. The van der Waals surface area contributed by atoms with Gasteiger partial charge in [-0.05, 0) is 37.1 Å². The summed E-state index contributed by atoms with van der Waals surface area (Å²) in [6, 6.07) is 7.76. The van der Waals surface area contributed by atoms with Crippen molar-refractivity contribution in [2.45, 2.75) is 20.3 Å². The molecular weight excluding hydrogens is 294 g/mol. The van der Waals surface area contributed by atoms with E-state index in [0.29, 0.717) is 12.3 Å². The molecule has 0 aliphatic heterocycles. The quantitative estimate of drug-likeness (QED) is 0.811. The standard InChI is InChI=1S/C14H14BrNO2/c1-3-9-8-10-11(15)6-5-7-12(10)16-13(9)14(17)18-4-2/h5-8H,3-4H2,1-2H3. The molecule has 94 valence electrons. The predicted octanol–water partition coefficient (Wildman–Crippen LogP) is 3.74. The summed E-state index contributed by atoms with van der Waals surface area (Å²) in [6.07, 6.45) is 0.748. The van der Waals surface area contributed by atoms with Gasteiger partial charge in [0.2, 0.25) is 0 Å². The molecule has 0 saturated heterocycles. The molecule has 0 atom stereocenters. The van der Waals surface area contributed by atoms with Gasteiger partial charge >= 0.3 is 5.97 Å². The van der Waals surface area contributed by atoms with Crippen LogP contribution in [-0.4, -0.2) is 17.6 Å². The minimum absolute atomic E-state index is 0.351. The fourth-order valence-electron chi connectivity index (χ4n) is 1.85. The second kappa shape index (κ2) is 5.48. The molecule has 0 saturated carbocycles. The molecule has 0 radical (unpaired) electrons. The number of carbonyl (C=O) groups is 1. The van der Waals surface area contributed by atoms with Gasteiger partial charge in [0.25, 0.3) is 0 Å². The zero-order valence-corrected chi connectivity index (χ0v) is 12.0. The van der Waals surface area contributed by atoms with Gasteiger partial charge in [-0.25, -0.2) is 9.78 Å². The topological polar surface area (TPSA) is 39.2 Å². The highest BCUT2D eigenvalue weighted by atomic mass is 79.9. The Morgan fingerprint density at radius 2 is 2.17 bits per heavy atom. The molecule has 3 nitrogen and oxygen atoms in total. The van der Waals surface area contributed by atoms with E-state index < -0.39 is 0 Å². The maximum Gasteiger partial charge on any atom is 0.357 e. The third kappa shape index (κ3) is 2.38. The molecule has 0 amide bonds. The number of aromatic nitrogens is 1. The van der Waals surface area contributed by atoms with Crippen molar-refractivity contribution in [1.82, 2.24) is 4.98 Å². The van der Waals surface area contributed by atoms with Crippen molar-refractivity contribution in [3.8, 4) is 0 Å². The van der Waals surface area contributed by atoms with E-state index in [1.807, 2.05) is 31.2 Å². The second-order valence-electron chi connectivity index (χ2n) is 3.88. The van der Waals surface area contributed by atoms with E-state index in [1.54, 1.807) is 6.92 Å². The normalized spacial score (nSPS) is 10.6. The van der Waals surface area contributed by atoms with Gasteiger partial charge in [0, 0.05) is 9.86 Å². The summed E-state index contributed by atoms with van der Waals surface area (Å²) in [5.41, 5.74) is 2.13. The molecule has 0 spiro atoms. The van der Waals surface area contributed by atoms with Gasteiger partial charge in [-0.1, -0.05) is 28.9 Å². The first-order valence-electron chi connectivity index (χ1n) is 5.92. The van der Waals surface area contributed by atoms with Crippen LogP contribution in [0.4, 0.5) is 0 Å². The highest BCUT2D eigenvalue weighted by Crippen LogP contribution is 2.25. The number of benzene rings is 1. The molecular formula is C14H14BrNO2. The summed E-state index contributed by atoms with van der Waals surface area (Å²) >= 11 is 3.50. The van der Waals surface area contributed by atoms with Crippen molar-refractivity contribution >= 4 is 32.8 Å². The monoisotopic (exact) mass is 307 g/mol. The van der Waals surface area contributed by atoms with Gasteiger partial charge in [0.15, 0.2) is 5.69 Å². The lowest BCUT2D eigenvalue weighted by Crippen LogP contribution is -2.10.